The first kappa shape index (κ1) is 38.8. The molecule has 1 aliphatic heterocycles. The third kappa shape index (κ3) is 10.8. The lowest BCUT2D eigenvalue weighted by Crippen LogP contribution is -2.73. The molecule has 0 radical (unpaired) electrons. The summed E-state index contributed by atoms with van der Waals surface area (Å²) in [5, 5.41) is 50.1. The fourth-order valence-electron chi connectivity index (χ4n) is 6.48. The molecular weight excluding hydrogens is 692 g/mol. The third-order valence-electron chi connectivity index (χ3n) is 9.00. The van der Waals surface area contributed by atoms with E-state index in [4.69, 9.17) is 18.9 Å². The Bertz CT molecular complexity index is 1680. The van der Waals surface area contributed by atoms with Crippen LogP contribution in [-0.2, 0) is 38.7 Å². The number of carbonyl (C=O) groups excluding carboxylic acids is 1. The summed E-state index contributed by atoms with van der Waals surface area (Å²) in [6.07, 6.45) is -12.0. The van der Waals surface area contributed by atoms with Crippen molar-refractivity contribution in [3.63, 3.8) is 0 Å². The van der Waals surface area contributed by atoms with Gasteiger partial charge in [0.1, 0.15) is 31.0 Å². The lowest BCUT2D eigenvalue weighted by molar-refractivity contribution is -0.268. The minimum Gasteiger partial charge on any atom is -0.465 e. The van der Waals surface area contributed by atoms with Crippen LogP contribution in [0.5, 0.6) is 0 Å². The Balaban J connectivity index is 1.38. The largest absolute Gasteiger partial charge is 0.465 e. The number of nitrogens with one attached hydrogen (secondary N) is 2. The maximum Gasteiger partial charge on any atom is 0.410 e. The molecule has 53 heavy (non-hydrogen) atoms. The minimum atomic E-state index is -1.88. The molecule has 2 aliphatic rings. The van der Waals surface area contributed by atoms with Crippen LogP contribution in [-0.4, -0.2) is 105 Å². The second kappa shape index (κ2) is 18.9. The first-order valence-electron chi connectivity index (χ1n) is 17.0. The van der Waals surface area contributed by atoms with Gasteiger partial charge in [-0.3, -0.25) is 0 Å². The van der Waals surface area contributed by atoms with Crippen LogP contribution in [0.15, 0.2) is 96.1 Å². The maximum absolute atomic E-state index is 13.5. The van der Waals surface area contributed by atoms with E-state index in [-0.39, 0.29) is 32.7 Å². The molecule has 0 spiro atoms. The first-order valence-corrected chi connectivity index (χ1v) is 17.0. The fraction of sp³-hybridized carbons (Fsp3) is 0.417. The number of aliphatic hydroxyl groups is 2. The Morgan fingerprint density at radius 2 is 1.36 bits per heavy atom. The van der Waals surface area contributed by atoms with Crippen molar-refractivity contribution in [2.75, 3.05) is 6.54 Å². The van der Waals surface area contributed by atoms with Crippen LogP contribution in [0, 0.1) is 0 Å². The number of nitrogens with zero attached hydrogens (tertiary/aromatic N) is 4. The van der Waals surface area contributed by atoms with Crippen molar-refractivity contribution in [2.24, 2.45) is 5.11 Å². The van der Waals surface area contributed by atoms with Crippen molar-refractivity contribution in [2.45, 2.75) is 87.5 Å². The standard InChI is InChI=1S/C36H42N6O11/c37-41-40-26-17-16-25(19-42(18-22-10-4-1-5-11-22)36(49)51-21-24-14-8-3-9-15-24)52-33(26)53-32-28(39-35(47)48)31(50-20-23-12-6-2-7-13-23)27(38-34(45)46)29(43)30(32)44/h1-15,25-33,38-39,43-44H,16-21H2,(H,45,46)(H,47,48)/t25-,26+,27-,28-,29-,30+,31+,32+,33+/m0/s1. The molecule has 5 rings (SSSR count). The summed E-state index contributed by atoms with van der Waals surface area (Å²) in [4.78, 5) is 41.7. The van der Waals surface area contributed by atoms with Gasteiger partial charge in [-0.25, -0.2) is 14.4 Å². The number of benzene rings is 3. The topological polar surface area (TPSA) is 245 Å². The summed E-state index contributed by atoms with van der Waals surface area (Å²) in [6.45, 7) is 0.117. The first-order chi connectivity index (χ1) is 25.6. The monoisotopic (exact) mass is 734 g/mol. The number of aliphatic hydroxyl groups excluding tert-OH is 2. The van der Waals surface area contributed by atoms with Crippen LogP contribution in [0.3, 0.4) is 0 Å². The predicted molar refractivity (Wildman–Crippen MR) is 186 cm³/mol. The van der Waals surface area contributed by atoms with Crippen molar-refractivity contribution in [1.82, 2.24) is 15.5 Å². The number of rotatable bonds is 14. The van der Waals surface area contributed by atoms with Crippen LogP contribution in [0.25, 0.3) is 10.4 Å². The van der Waals surface area contributed by atoms with Gasteiger partial charge in [0, 0.05) is 11.5 Å². The molecule has 6 N–H and O–H groups in total. The van der Waals surface area contributed by atoms with E-state index < -0.39 is 73.2 Å². The number of hydrogen-bond donors (Lipinski definition) is 6. The average Bonchev–Trinajstić information content (AvgIpc) is 3.15. The molecular formula is C36H42N6O11. The molecule has 0 unspecified atom stereocenters. The van der Waals surface area contributed by atoms with E-state index in [1.54, 1.807) is 30.3 Å². The number of hydrogen-bond acceptors (Lipinski definition) is 10. The highest BCUT2D eigenvalue weighted by atomic mass is 16.7. The Hall–Kier alpha value is -5.42. The second-order valence-corrected chi connectivity index (χ2v) is 12.7. The van der Waals surface area contributed by atoms with Gasteiger partial charge in [0.05, 0.1) is 37.4 Å². The van der Waals surface area contributed by atoms with Gasteiger partial charge in [-0.15, -0.1) is 0 Å². The quantitative estimate of drug-likeness (QED) is 0.0785. The lowest BCUT2D eigenvalue weighted by Gasteiger charge is -2.48. The van der Waals surface area contributed by atoms with Gasteiger partial charge < -0.3 is 54.9 Å². The summed E-state index contributed by atoms with van der Waals surface area (Å²) in [7, 11) is 0. The van der Waals surface area contributed by atoms with E-state index in [0.29, 0.717) is 12.0 Å². The normalized spacial score (nSPS) is 26.7. The molecule has 17 nitrogen and oxygen atoms in total. The van der Waals surface area contributed by atoms with Gasteiger partial charge >= 0.3 is 18.3 Å². The van der Waals surface area contributed by atoms with E-state index in [1.165, 1.54) is 4.90 Å². The molecule has 2 fully saturated rings. The van der Waals surface area contributed by atoms with Gasteiger partial charge in [-0.2, -0.15) is 0 Å². The number of amides is 3. The molecule has 1 heterocycles. The summed E-state index contributed by atoms with van der Waals surface area (Å²) < 4.78 is 24.2. The van der Waals surface area contributed by atoms with Crippen LogP contribution < -0.4 is 10.6 Å². The van der Waals surface area contributed by atoms with Crippen molar-refractivity contribution in [3.05, 3.63) is 118 Å². The summed E-state index contributed by atoms with van der Waals surface area (Å²) >= 11 is 0. The Morgan fingerprint density at radius 1 is 0.792 bits per heavy atom. The smallest absolute Gasteiger partial charge is 0.410 e. The fourth-order valence-corrected chi connectivity index (χ4v) is 6.48. The van der Waals surface area contributed by atoms with Crippen LogP contribution in [0.2, 0.25) is 0 Å². The van der Waals surface area contributed by atoms with Gasteiger partial charge in [0.15, 0.2) is 6.29 Å². The van der Waals surface area contributed by atoms with Crippen molar-refractivity contribution in [1.29, 1.82) is 0 Å². The average molecular weight is 735 g/mol. The Morgan fingerprint density at radius 3 is 1.94 bits per heavy atom. The number of carboxylic acid groups (broad SMARTS) is 2. The minimum absolute atomic E-state index is 0.0193. The van der Waals surface area contributed by atoms with Gasteiger partial charge in [0.2, 0.25) is 0 Å². The third-order valence-corrected chi connectivity index (χ3v) is 9.00. The van der Waals surface area contributed by atoms with E-state index in [0.717, 1.165) is 11.1 Å². The van der Waals surface area contributed by atoms with E-state index in [1.807, 2.05) is 60.7 Å². The van der Waals surface area contributed by atoms with Crippen molar-refractivity contribution in [3.8, 4) is 0 Å². The zero-order valence-electron chi connectivity index (χ0n) is 28.5. The molecule has 9 atom stereocenters. The van der Waals surface area contributed by atoms with Gasteiger partial charge in [-0.05, 0) is 35.1 Å². The number of ether oxygens (including phenoxy) is 4. The summed E-state index contributed by atoms with van der Waals surface area (Å²) in [5.74, 6) is 0. The maximum atomic E-state index is 13.5. The highest BCUT2D eigenvalue weighted by Gasteiger charge is 2.54. The Labute approximate surface area is 304 Å². The zero-order chi connectivity index (χ0) is 37.7. The highest BCUT2D eigenvalue weighted by Crippen LogP contribution is 2.32. The summed E-state index contributed by atoms with van der Waals surface area (Å²) in [5.41, 5.74) is 11.6. The second-order valence-electron chi connectivity index (χ2n) is 12.7. The number of carbonyl (C=O) groups is 3. The molecule has 3 amide bonds. The SMILES string of the molecule is [N-]=[N+]=N[C@@H]1CC[C@@H](CN(Cc2ccccc2)C(=O)OCc2ccccc2)O[C@@H]1O[C@H]1[C@H](O)[C@@H](O)[C@H](NC(=O)O)[C@@H](OCc2ccccc2)[C@@H]1NC(=O)O. The molecule has 3 aromatic carbocycles. The lowest BCUT2D eigenvalue weighted by atomic mass is 9.81. The molecule has 0 bridgehead atoms. The molecule has 282 valence electrons. The van der Waals surface area contributed by atoms with Crippen LogP contribution >= 0.6 is 0 Å². The predicted octanol–water partition coefficient (Wildman–Crippen LogP) is 3.99. The molecule has 3 aromatic rings. The van der Waals surface area contributed by atoms with Crippen LogP contribution in [0.4, 0.5) is 14.4 Å². The molecule has 1 aliphatic carbocycles. The number of azide groups is 1. The molecule has 1 saturated carbocycles. The molecule has 17 heteroatoms. The van der Waals surface area contributed by atoms with E-state index in [2.05, 4.69) is 20.7 Å². The summed E-state index contributed by atoms with van der Waals surface area (Å²) in [6, 6.07) is 23.3. The van der Waals surface area contributed by atoms with Crippen LogP contribution in [0.1, 0.15) is 29.5 Å². The van der Waals surface area contributed by atoms with E-state index in [9.17, 15) is 40.3 Å². The van der Waals surface area contributed by atoms with Crippen molar-refractivity contribution >= 4 is 18.3 Å². The molecule has 1 saturated heterocycles. The zero-order valence-corrected chi connectivity index (χ0v) is 28.5. The van der Waals surface area contributed by atoms with E-state index >= 15 is 0 Å². The highest BCUT2D eigenvalue weighted by molar-refractivity contribution is 5.68. The van der Waals surface area contributed by atoms with Gasteiger partial charge in [0.25, 0.3) is 0 Å². The Kier molecular flexibility index (Phi) is 13.8. The van der Waals surface area contributed by atoms with Gasteiger partial charge in [-0.1, -0.05) is 96.1 Å². The molecule has 0 aromatic heterocycles. The van der Waals surface area contributed by atoms with Crippen molar-refractivity contribution < 1.29 is 53.8 Å².